The molecule has 1 saturated carbocycles. The molecule has 1 aliphatic carbocycles. The lowest BCUT2D eigenvalue weighted by atomic mass is 9.96. The van der Waals surface area contributed by atoms with Crippen molar-refractivity contribution in [2.45, 2.75) is 69.4 Å². The van der Waals surface area contributed by atoms with E-state index in [1.807, 2.05) is 6.92 Å². The van der Waals surface area contributed by atoms with Gasteiger partial charge in [-0.2, -0.15) is 0 Å². The van der Waals surface area contributed by atoms with Crippen molar-refractivity contribution in [1.29, 1.82) is 0 Å². The molecule has 0 aromatic carbocycles. The fourth-order valence-corrected chi connectivity index (χ4v) is 3.44. The highest BCUT2D eigenvalue weighted by molar-refractivity contribution is 4.98. The van der Waals surface area contributed by atoms with Crippen molar-refractivity contribution in [3.8, 4) is 0 Å². The second-order valence-electron chi connectivity index (χ2n) is 6.46. The van der Waals surface area contributed by atoms with E-state index in [9.17, 15) is 5.11 Å². The quantitative estimate of drug-likeness (QED) is 0.777. The van der Waals surface area contributed by atoms with E-state index in [0.29, 0.717) is 25.2 Å². The second-order valence-corrected chi connectivity index (χ2v) is 6.46. The van der Waals surface area contributed by atoms with Gasteiger partial charge in [-0.25, -0.2) is 0 Å². The summed E-state index contributed by atoms with van der Waals surface area (Å²) in [6.07, 6.45) is 4.69. The summed E-state index contributed by atoms with van der Waals surface area (Å²) >= 11 is 0. The van der Waals surface area contributed by atoms with Crippen molar-refractivity contribution in [1.82, 2.24) is 10.2 Å². The molecule has 3 rings (SSSR count). The van der Waals surface area contributed by atoms with Gasteiger partial charge in [0, 0.05) is 44.2 Å². The van der Waals surface area contributed by atoms with Gasteiger partial charge in [0.25, 0.3) is 0 Å². The molecule has 4 atom stereocenters. The first-order chi connectivity index (χ1) is 8.58. The van der Waals surface area contributed by atoms with Gasteiger partial charge in [-0.15, -0.1) is 0 Å². The van der Waals surface area contributed by atoms with E-state index in [-0.39, 0.29) is 6.10 Å². The van der Waals surface area contributed by atoms with Gasteiger partial charge in [-0.3, -0.25) is 4.90 Å². The van der Waals surface area contributed by atoms with Gasteiger partial charge >= 0.3 is 0 Å². The first-order valence-electron chi connectivity index (χ1n) is 7.41. The minimum absolute atomic E-state index is 0.0386. The van der Waals surface area contributed by atoms with Crippen LogP contribution < -0.4 is 5.32 Å². The lowest BCUT2D eigenvalue weighted by Crippen LogP contribution is -2.49. The van der Waals surface area contributed by atoms with Gasteiger partial charge in [0.1, 0.15) is 5.60 Å². The monoisotopic (exact) mass is 254 g/mol. The van der Waals surface area contributed by atoms with Gasteiger partial charge in [0.05, 0.1) is 6.10 Å². The van der Waals surface area contributed by atoms with Crippen LogP contribution in [0, 0.1) is 0 Å². The summed E-state index contributed by atoms with van der Waals surface area (Å²) in [7, 11) is 0. The molecule has 3 aliphatic rings. The summed E-state index contributed by atoms with van der Waals surface area (Å²) in [5, 5.41) is 14.0. The molecular weight excluding hydrogens is 228 g/mol. The number of hydrogen-bond donors (Lipinski definition) is 2. The van der Waals surface area contributed by atoms with Crippen LogP contribution in [0.3, 0.4) is 0 Å². The molecule has 0 bridgehead atoms. The van der Waals surface area contributed by atoms with Crippen LogP contribution >= 0.6 is 0 Å². The number of rotatable bonds is 4. The molecule has 4 nitrogen and oxygen atoms in total. The van der Waals surface area contributed by atoms with E-state index in [2.05, 4.69) is 17.1 Å². The number of nitrogens with zero attached hydrogens (tertiary/aromatic N) is 1. The topological polar surface area (TPSA) is 44.7 Å². The average Bonchev–Trinajstić information content (AvgIpc) is 3.03. The van der Waals surface area contributed by atoms with E-state index >= 15 is 0 Å². The van der Waals surface area contributed by atoms with Crippen molar-refractivity contribution in [3.63, 3.8) is 0 Å². The molecule has 2 N–H and O–H groups in total. The van der Waals surface area contributed by atoms with Crippen LogP contribution in [-0.4, -0.2) is 59.5 Å². The van der Waals surface area contributed by atoms with Crippen molar-refractivity contribution in [2.75, 3.05) is 19.7 Å². The predicted molar refractivity (Wildman–Crippen MR) is 70.6 cm³/mol. The standard InChI is InChI=1S/C14H26N2O2/c1-10-7-12(8-16(10)13-3-4-13)15-9-14(17)5-6-18-11(14)2/h10-13,15,17H,3-9H2,1-2H3. The third kappa shape index (κ3) is 2.44. The van der Waals surface area contributed by atoms with E-state index in [1.165, 1.54) is 19.3 Å². The lowest BCUT2D eigenvalue weighted by molar-refractivity contribution is -0.0275. The van der Waals surface area contributed by atoms with E-state index in [0.717, 1.165) is 19.0 Å². The second kappa shape index (κ2) is 4.75. The maximum absolute atomic E-state index is 10.5. The van der Waals surface area contributed by atoms with Crippen LogP contribution in [0.4, 0.5) is 0 Å². The summed E-state index contributed by atoms with van der Waals surface area (Å²) in [6.45, 7) is 6.81. The molecule has 2 saturated heterocycles. The van der Waals surface area contributed by atoms with E-state index < -0.39 is 5.60 Å². The Balaban J connectivity index is 1.49. The van der Waals surface area contributed by atoms with Crippen molar-refractivity contribution in [2.24, 2.45) is 0 Å². The summed E-state index contributed by atoms with van der Waals surface area (Å²) in [5.41, 5.74) is -0.657. The SMILES string of the molecule is CC1CC(NCC2(O)CCOC2C)CN1C1CC1. The zero-order valence-corrected chi connectivity index (χ0v) is 11.6. The first-order valence-corrected chi connectivity index (χ1v) is 7.41. The molecule has 0 aromatic heterocycles. The fraction of sp³-hybridized carbons (Fsp3) is 1.00. The maximum Gasteiger partial charge on any atom is 0.105 e. The average molecular weight is 254 g/mol. The Morgan fingerprint density at radius 1 is 1.39 bits per heavy atom. The van der Waals surface area contributed by atoms with Crippen LogP contribution in [0.15, 0.2) is 0 Å². The van der Waals surface area contributed by atoms with Gasteiger partial charge < -0.3 is 15.2 Å². The molecular formula is C14H26N2O2. The highest BCUT2D eigenvalue weighted by Gasteiger charge is 2.42. The molecule has 4 heteroatoms. The van der Waals surface area contributed by atoms with Crippen LogP contribution in [0.1, 0.15) is 39.5 Å². The minimum atomic E-state index is -0.657. The Morgan fingerprint density at radius 3 is 2.78 bits per heavy atom. The first kappa shape index (κ1) is 12.9. The Labute approximate surface area is 110 Å². The molecule has 18 heavy (non-hydrogen) atoms. The Hall–Kier alpha value is -0.160. The number of hydrogen-bond acceptors (Lipinski definition) is 4. The smallest absolute Gasteiger partial charge is 0.105 e. The molecule has 104 valence electrons. The van der Waals surface area contributed by atoms with Crippen molar-refractivity contribution in [3.05, 3.63) is 0 Å². The number of nitrogens with one attached hydrogen (secondary N) is 1. The zero-order valence-electron chi connectivity index (χ0n) is 11.6. The highest BCUT2D eigenvalue weighted by Crippen LogP contribution is 2.33. The van der Waals surface area contributed by atoms with Crippen molar-refractivity contribution < 1.29 is 9.84 Å². The summed E-state index contributed by atoms with van der Waals surface area (Å²) < 4.78 is 5.47. The third-order valence-electron chi connectivity index (χ3n) is 5.00. The number of ether oxygens (including phenoxy) is 1. The fourth-order valence-electron chi connectivity index (χ4n) is 3.44. The number of likely N-dealkylation sites (tertiary alicyclic amines) is 1. The van der Waals surface area contributed by atoms with Crippen molar-refractivity contribution >= 4 is 0 Å². The summed E-state index contributed by atoms with van der Waals surface area (Å²) in [5.74, 6) is 0. The molecule has 3 fully saturated rings. The lowest BCUT2D eigenvalue weighted by Gasteiger charge is -2.28. The van der Waals surface area contributed by atoms with Crippen LogP contribution in [-0.2, 0) is 4.74 Å². The molecule has 0 spiro atoms. The van der Waals surface area contributed by atoms with Gasteiger partial charge in [-0.1, -0.05) is 0 Å². The molecule has 0 aromatic rings. The largest absolute Gasteiger partial charge is 0.386 e. The molecule has 2 aliphatic heterocycles. The van der Waals surface area contributed by atoms with Gasteiger partial charge in [-0.05, 0) is 33.1 Å². The third-order valence-corrected chi connectivity index (χ3v) is 5.00. The highest BCUT2D eigenvalue weighted by atomic mass is 16.5. The number of aliphatic hydroxyl groups is 1. The van der Waals surface area contributed by atoms with Gasteiger partial charge in [0.15, 0.2) is 0 Å². The Morgan fingerprint density at radius 2 is 2.17 bits per heavy atom. The molecule has 0 radical (unpaired) electrons. The van der Waals surface area contributed by atoms with E-state index in [4.69, 9.17) is 4.74 Å². The van der Waals surface area contributed by atoms with Crippen LogP contribution in [0.25, 0.3) is 0 Å². The molecule has 4 unspecified atom stereocenters. The Kier molecular flexibility index (Phi) is 3.39. The van der Waals surface area contributed by atoms with Crippen LogP contribution in [0.2, 0.25) is 0 Å². The minimum Gasteiger partial charge on any atom is -0.386 e. The Bertz CT molecular complexity index is 308. The normalized spacial score (nSPS) is 45.8. The summed E-state index contributed by atoms with van der Waals surface area (Å²) in [4.78, 5) is 2.64. The molecule has 2 heterocycles. The predicted octanol–water partition coefficient (Wildman–Crippen LogP) is 0.741. The van der Waals surface area contributed by atoms with Crippen LogP contribution in [0.5, 0.6) is 0 Å². The molecule has 0 amide bonds. The van der Waals surface area contributed by atoms with E-state index in [1.54, 1.807) is 0 Å². The van der Waals surface area contributed by atoms with Gasteiger partial charge in [0.2, 0.25) is 0 Å². The zero-order chi connectivity index (χ0) is 12.8. The maximum atomic E-state index is 10.5. The summed E-state index contributed by atoms with van der Waals surface area (Å²) in [6, 6.07) is 2.09.